The molecule has 1 N–H and O–H groups in total. The van der Waals surface area contributed by atoms with Crippen molar-refractivity contribution < 1.29 is 5.11 Å². The first-order valence-electron chi connectivity index (χ1n) is 6.44. The molecular formula is C12H24N4O. The number of aromatic nitrogens is 3. The van der Waals surface area contributed by atoms with Gasteiger partial charge in [0.2, 0.25) is 0 Å². The van der Waals surface area contributed by atoms with E-state index in [1.807, 2.05) is 6.92 Å². The lowest BCUT2D eigenvalue weighted by Crippen LogP contribution is -2.29. The first-order valence-corrected chi connectivity index (χ1v) is 6.44. The molecule has 0 saturated carbocycles. The van der Waals surface area contributed by atoms with Gasteiger partial charge in [-0.05, 0) is 26.8 Å². The summed E-state index contributed by atoms with van der Waals surface area (Å²) in [6, 6.07) is 0. The SMILES string of the molecule is CCCCN(CCO)Cc1nnc(C)n1CC. The molecule has 0 saturated heterocycles. The molecule has 0 aliphatic heterocycles. The zero-order valence-corrected chi connectivity index (χ0v) is 11.2. The summed E-state index contributed by atoms with van der Waals surface area (Å²) in [4.78, 5) is 2.24. The second-order valence-electron chi connectivity index (χ2n) is 4.26. The molecule has 0 bridgehead atoms. The van der Waals surface area contributed by atoms with Gasteiger partial charge < -0.3 is 9.67 Å². The van der Waals surface area contributed by atoms with Crippen molar-refractivity contribution in [2.24, 2.45) is 0 Å². The third kappa shape index (κ3) is 4.09. The fraction of sp³-hybridized carbons (Fsp3) is 0.833. The molecule has 0 atom stereocenters. The van der Waals surface area contributed by atoms with Crippen molar-refractivity contribution in [1.82, 2.24) is 19.7 Å². The number of rotatable bonds is 8. The first-order chi connectivity index (χ1) is 8.22. The van der Waals surface area contributed by atoms with Crippen LogP contribution in [-0.4, -0.2) is 44.5 Å². The van der Waals surface area contributed by atoms with Crippen LogP contribution in [0.1, 0.15) is 38.3 Å². The predicted octanol–water partition coefficient (Wildman–Crippen LogP) is 1.20. The number of aryl methyl sites for hydroxylation is 1. The summed E-state index contributed by atoms with van der Waals surface area (Å²) in [5, 5.41) is 17.4. The summed E-state index contributed by atoms with van der Waals surface area (Å²) in [7, 11) is 0. The Balaban J connectivity index is 2.64. The lowest BCUT2D eigenvalue weighted by molar-refractivity contribution is 0.183. The largest absolute Gasteiger partial charge is 0.395 e. The van der Waals surface area contributed by atoms with E-state index in [9.17, 15) is 0 Å². The Labute approximate surface area is 103 Å². The molecule has 17 heavy (non-hydrogen) atoms. The fourth-order valence-electron chi connectivity index (χ4n) is 1.95. The van der Waals surface area contributed by atoms with Crippen LogP contribution >= 0.6 is 0 Å². The summed E-state index contributed by atoms with van der Waals surface area (Å²) in [6.07, 6.45) is 2.32. The topological polar surface area (TPSA) is 54.2 Å². The van der Waals surface area contributed by atoms with Crippen LogP contribution in [0.15, 0.2) is 0 Å². The normalized spacial score (nSPS) is 11.4. The molecule has 0 fully saturated rings. The quantitative estimate of drug-likeness (QED) is 0.742. The maximum absolute atomic E-state index is 9.06. The maximum Gasteiger partial charge on any atom is 0.147 e. The van der Waals surface area contributed by atoms with Crippen LogP contribution in [0.2, 0.25) is 0 Å². The van der Waals surface area contributed by atoms with E-state index in [2.05, 4.69) is 33.5 Å². The van der Waals surface area contributed by atoms with Crippen molar-refractivity contribution in [1.29, 1.82) is 0 Å². The third-order valence-corrected chi connectivity index (χ3v) is 2.94. The average molecular weight is 240 g/mol. The van der Waals surface area contributed by atoms with Crippen molar-refractivity contribution >= 4 is 0 Å². The summed E-state index contributed by atoms with van der Waals surface area (Å²) in [5.74, 6) is 1.96. The van der Waals surface area contributed by atoms with Crippen LogP contribution < -0.4 is 0 Å². The number of aliphatic hydroxyl groups excluding tert-OH is 1. The van der Waals surface area contributed by atoms with Gasteiger partial charge in [0.15, 0.2) is 0 Å². The molecule has 1 rings (SSSR count). The Hall–Kier alpha value is -0.940. The summed E-state index contributed by atoms with van der Waals surface area (Å²) in [6.45, 7) is 9.83. The fourth-order valence-corrected chi connectivity index (χ4v) is 1.95. The Kier molecular flexibility index (Phi) is 6.15. The van der Waals surface area contributed by atoms with E-state index in [1.165, 1.54) is 6.42 Å². The van der Waals surface area contributed by atoms with E-state index in [0.717, 1.165) is 37.7 Å². The van der Waals surface area contributed by atoms with Gasteiger partial charge in [0.1, 0.15) is 11.6 Å². The second kappa shape index (κ2) is 7.40. The maximum atomic E-state index is 9.06. The van der Waals surface area contributed by atoms with E-state index in [-0.39, 0.29) is 6.61 Å². The van der Waals surface area contributed by atoms with Crippen LogP contribution in [0.25, 0.3) is 0 Å². The lowest BCUT2D eigenvalue weighted by Gasteiger charge is -2.20. The van der Waals surface area contributed by atoms with Crippen molar-refractivity contribution in [3.05, 3.63) is 11.6 Å². The highest BCUT2D eigenvalue weighted by Crippen LogP contribution is 2.06. The molecule has 0 spiro atoms. The van der Waals surface area contributed by atoms with Gasteiger partial charge in [0, 0.05) is 13.1 Å². The Morgan fingerprint density at radius 3 is 2.59 bits per heavy atom. The summed E-state index contributed by atoms with van der Waals surface area (Å²) >= 11 is 0. The molecule has 0 aliphatic carbocycles. The van der Waals surface area contributed by atoms with Crippen LogP contribution in [-0.2, 0) is 13.1 Å². The smallest absolute Gasteiger partial charge is 0.147 e. The monoisotopic (exact) mass is 240 g/mol. The Morgan fingerprint density at radius 2 is 2.00 bits per heavy atom. The van der Waals surface area contributed by atoms with E-state index in [1.54, 1.807) is 0 Å². The highest BCUT2D eigenvalue weighted by Gasteiger charge is 2.11. The number of hydrogen-bond donors (Lipinski definition) is 1. The molecule has 98 valence electrons. The van der Waals surface area contributed by atoms with Gasteiger partial charge >= 0.3 is 0 Å². The van der Waals surface area contributed by atoms with Gasteiger partial charge in [-0.3, -0.25) is 4.90 Å². The number of nitrogens with zero attached hydrogens (tertiary/aromatic N) is 4. The van der Waals surface area contributed by atoms with Gasteiger partial charge in [-0.2, -0.15) is 0 Å². The van der Waals surface area contributed by atoms with Crippen molar-refractivity contribution in [3.8, 4) is 0 Å². The van der Waals surface area contributed by atoms with Gasteiger partial charge in [-0.1, -0.05) is 13.3 Å². The van der Waals surface area contributed by atoms with Crippen molar-refractivity contribution in [2.45, 2.75) is 46.7 Å². The molecule has 0 aromatic carbocycles. The molecule has 0 unspecified atom stereocenters. The van der Waals surface area contributed by atoms with Gasteiger partial charge in [-0.25, -0.2) is 0 Å². The van der Waals surface area contributed by atoms with Gasteiger partial charge in [0.05, 0.1) is 13.2 Å². The molecule has 5 heteroatoms. The number of aliphatic hydroxyl groups is 1. The van der Waals surface area contributed by atoms with Crippen molar-refractivity contribution in [2.75, 3.05) is 19.7 Å². The molecule has 0 radical (unpaired) electrons. The molecule has 1 aromatic heterocycles. The average Bonchev–Trinajstić information content (AvgIpc) is 2.67. The standard InChI is InChI=1S/C12H24N4O/c1-4-6-7-15(8-9-17)10-12-14-13-11(3)16(12)5-2/h17H,4-10H2,1-3H3. The third-order valence-electron chi connectivity index (χ3n) is 2.94. The summed E-state index contributed by atoms with van der Waals surface area (Å²) < 4.78 is 2.12. The van der Waals surface area contributed by atoms with Crippen LogP contribution in [0.3, 0.4) is 0 Å². The van der Waals surface area contributed by atoms with Crippen molar-refractivity contribution in [3.63, 3.8) is 0 Å². The number of hydrogen-bond acceptors (Lipinski definition) is 4. The lowest BCUT2D eigenvalue weighted by atomic mass is 10.3. The van der Waals surface area contributed by atoms with Crippen LogP contribution in [0.5, 0.6) is 0 Å². The minimum Gasteiger partial charge on any atom is -0.395 e. The molecule has 0 aliphatic rings. The first kappa shape index (κ1) is 14.1. The zero-order valence-electron chi connectivity index (χ0n) is 11.2. The zero-order chi connectivity index (χ0) is 12.7. The molecule has 0 amide bonds. The Bertz CT molecular complexity index is 324. The van der Waals surface area contributed by atoms with Crippen LogP contribution in [0.4, 0.5) is 0 Å². The highest BCUT2D eigenvalue weighted by atomic mass is 16.3. The number of unbranched alkanes of at least 4 members (excludes halogenated alkanes) is 1. The van der Waals surface area contributed by atoms with Gasteiger partial charge in [0.25, 0.3) is 0 Å². The van der Waals surface area contributed by atoms with Gasteiger partial charge in [-0.15, -0.1) is 10.2 Å². The van der Waals surface area contributed by atoms with E-state index >= 15 is 0 Å². The Morgan fingerprint density at radius 1 is 1.24 bits per heavy atom. The summed E-state index contributed by atoms with van der Waals surface area (Å²) in [5.41, 5.74) is 0. The molecule has 1 aromatic rings. The molecular weight excluding hydrogens is 216 g/mol. The molecule has 1 heterocycles. The van der Waals surface area contributed by atoms with E-state index in [0.29, 0.717) is 6.54 Å². The minimum absolute atomic E-state index is 0.197. The van der Waals surface area contributed by atoms with Crippen LogP contribution in [0, 0.1) is 6.92 Å². The molecule has 5 nitrogen and oxygen atoms in total. The van der Waals surface area contributed by atoms with E-state index < -0.39 is 0 Å². The predicted molar refractivity (Wildman–Crippen MR) is 67.7 cm³/mol. The minimum atomic E-state index is 0.197. The van der Waals surface area contributed by atoms with E-state index in [4.69, 9.17) is 5.11 Å². The second-order valence-corrected chi connectivity index (χ2v) is 4.26. The highest BCUT2D eigenvalue weighted by molar-refractivity contribution is 4.93.